The molecule has 2 aliphatic heterocycles. The third-order valence-electron chi connectivity index (χ3n) is 5.97. The Kier molecular flexibility index (Phi) is 6.73. The number of carbonyl (C=O) groups excluding carboxylic acids is 1. The van der Waals surface area contributed by atoms with Crippen LogP contribution in [0.1, 0.15) is 31.0 Å². The van der Waals surface area contributed by atoms with Gasteiger partial charge in [0.2, 0.25) is 5.91 Å². The number of benzene rings is 1. The number of carbonyl (C=O) groups is 1. The van der Waals surface area contributed by atoms with Crippen LogP contribution in [-0.4, -0.2) is 60.0 Å². The molecule has 29 heavy (non-hydrogen) atoms. The van der Waals surface area contributed by atoms with Crippen LogP contribution in [0.2, 0.25) is 5.02 Å². The lowest BCUT2D eigenvalue weighted by atomic mass is 9.99. The van der Waals surface area contributed by atoms with Crippen LogP contribution in [0.15, 0.2) is 29.6 Å². The van der Waals surface area contributed by atoms with Gasteiger partial charge in [-0.2, -0.15) is 0 Å². The molecule has 7 heteroatoms. The highest BCUT2D eigenvalue weighted by molar-refractivity contribution is 7.13. The Bertz CT molecular complexity index is 808. The van der Waals surface area contributed by atoms with Crippen molar-refractivity contribution < 1.29 is 4.79 Å². The Labute approximate surface area is 182 Å². The van der Waals surface area contributed by atoms with E-state index in [0.717, 1.165) is 49.3 Å². The molecule has 5 nitrogen and oxygen atoms in total. The number of anilines is 1. The van der Waals surface area contributed by atoms with Gasteiger partial charge in [0, 0.05) is 43.1 Å². The summed E-state index contributed by atoms with van der Waals surface area (Å²) in [6.45, 7) is 8.88. The maximum Gasteiger partial charge on any atom is 0.227 e. The minimum Gasteiger partial charge on any atom is -0.345 e. The van der Waals surface area contributed by atoms with Gasteiger partial charge in [-0.3, -0.25) is 9.69 Å². The molecule has 1 aromatic heterocycles. The van der Waals surface area contributed by atoms with E-state index in [9.17, 15) is 4.79 Å². The van der Waals surface area contributed by atoms with Crippen LogP contribution in [0.3, 0.4) is 0 Å². The topological polar surface area (TPSA) is 39.7 Å². The predicted molar refractivity (Wildman–Crippen MR) is 120 cm³/mol. The largest absolute Gasteiger partial charge is 0.345 e. The number of piperazine rings is 1. The fourth-order valence-electron chi connectivity index (χ4n) is 4.00. The van der Waals surface area contributed by atoms with Crippen LogP contribution in [0.5, 0.6) is 0 Å². The number of thiazole rings is 1. The van der Waals surface area contributed by atoms with Crippen LogP contribution in [-0.2, 0) is 17.8 Å². The molecule has 0 spiro atoms. The molecule has 2 saturated heterocycles. The number of nitrogens with zero attached hydrogens (tertiary/aromatic N) is 4. The second-order valence-electron chi connectivity index (χ2n) is 8.25. The van der Waals surface area contributed by atoms with Gasteiger partial charge < -0.3 is 9.80 Å². The molecular formula is C22H29ClN4OS. The molecule has 0 N–H and O–H groups in total. The zero-order valence-electron chi connectivity index (χ0n) is 17.0. The molecule has 0 aliphatic carbocycles. The summed E-state index contributed by atoms with van der Waals surface area (Å²) in [6.07, 6.45) is 3.03. The summed E-state index contributed by atoms with van der Waals surface area (Å²) in [5.74, 6) is 1.04. The number of rotatable bonds is 5. The van der Waals surface area contributed by atoms with E-state index in [1.54, 1.807) is 11.3 Å². The molecule has 0 unspecified atom stereocenters. The van der Waals surface area contributed by atoms with E-state index in [-0.39, 0.29) is 5.91 Å². The van der Waals surface area contributed by atoms with Gasteiger partial charge in [0.1, 0.15) is 0 Å². The minimum atomic E-state index is 0.186. The van der Waals surface area contributed by atoms with Crippen molar-refractivity contribution in [3.63, 3.8) is 0 Å². The second-order valence-corrected chi connectivity index (χ2v) is 9.52. The van der Waals surface area contributed by atoms with Crippen LogP contribution >= 0.6 is 22.9 Å². The van der Waals surface area contributed by atoms with E-state index in [1.807, 2.05) is 29.2 Å². The van der Waals surface area contributed by atoms with E-state index >= 15 is 0 Å². The van der Waals surface area contributed by atoms with Gasteiger partial charge in [0.25, 0.3) is 0 Å². The maximum absolute atomic E-state index is 12.6. The smallest absolute Gasteiger partial charge is 0.227 e. The standard InChI is InChI=1S/C22H29ClN4OS/c1-17-6-8-25(9-7-17)15-20-16-29-22(24-20)27-12-10-26(11-13-27)21(28)14-18-2-4-19(23)5-3-18/h2-5,16-17H,6-15H2,1H3. The highest BCUT2D eigenvalue weighted by Gasteiger charge is 2.23. The summed E-state index contributed by atoms with van der Waals surface area (Å²) in [4.78, 5) is 24.3. The van der Waals surface area contributed by atoms with E-state index in [1.165, 1.54) is 31.6 Å². The van der Waals surface area contributed by atoms with Gasteiger partial charge in [-0.05, 0) is 49.5 Å². The molecule has 0 atom stereocenters. The van der Waals surface area contributed by atoms with E-state index < -0.39 is 0 Å². The molecule has 1 amide bonds. The predicted octanol–water partition coefficient (Wildman–Crippen LogP) is 3.92. The van der Waals surface area contributed by atoms with Crippen molar-refractivity contribution in [3.05, 3.63) is 45.9 Å². The number of likely N-dealkylation sites (tertiary alicyclic amines) is 1. The maximum atomic E-state index is 12.6. The van der Waals surface area contributed by atoms with Crippen LogP contribution < -0.4 is 4.90 Å². The van der Waals surface area contributed by atoms with Gasteiger partial charge in [0.15, 0.2) is 5.13 Å². The number of halogens is 1. The fraction of sp³-hybridized carbons (Fsp3) is 0.545. The zero-order chi connectivity index (χ0) is 20.2. The first-order valence-corrected chi connectivity index (χ1v) is 11.8. The van der Waals surface area contributed by atoms with Crippen LogP contribution in [0.25, 0.3) is 0 Å². The number of piperidine rings is 1. The van der Waals surface area contributed by atoms with Gasteiger partial charge in [-0.15, -0.1) is 11.3 Å². The van der Waals surface area contributed by atoms with Crippen molar-refractivity contribution in [1.82, 2.24) is 14.8 Å². The van der Waals surface area contributed by atoms with Crippen LogP contribution in [0.4, 0.5) is 5.13 Å². The average Bonchev–Trinajstić information content (AvgIpc) is 3.20. The quantitative estimate of drug-likeness (QED) is 0.717. The summed E-state index contributed by atoms with van der Waals surface area (Å²) in [5, 5.41) is 3.99. The van der Waals surface area contributed by atoms with E-state index in [0.29, 0.717) is 11.4 Å². The van der Waals surface area contributed by atoms with Crippen molar-refractivity contribution in [2.24, 2.45) is 5.92 Å². The summed E-state index contributed by atoms with van der Waals surface area (Å²) in [7, 11) is 0. The van der Waals surface area contributed by atoms with Gasteiger partial charge in [0.05, 0.1) is 12.1 Å². The lowest BCUT2D eigenvalue weighted by Gasteiger charge is -2.34. The van der Waals surface area contributed by atoms with Gasteiger partial charge in [-0.1, -0.05) is 30.7 Å². The zero-order valence-corrected chi connectivity index (χ0v) is 18.6. The average molecular weight is 433 g/mol. The first-order valence-electron chi connectivity index (χ1n) is 10.5. The number of aromatic nitrogens is 1. The van der Waals surface area contributed by atoms with Crippen molar-refractivity contribution in [2.75, 3.05) is 44.2 Å². The monoisotopic (exact) mass is 432 g/mol. The SMILES string of the molecule is CC1CCN(Cc2csc(N3CCN(C(=O)Cc4ccc(Cl)cc4)CC3)n2)CC1. The molecule has 3 heterocycles. The molecule has 0 bridgehead atoms. The van der Waals surface area contributed by atoms with E-state index in [4.69, 9.17) is 16.6 Å². The van der Waals surface area contributed by atoms with Gasteiger partial charge in [-0.25, -0.2) is 4.98 Å². The Balaban J connectivity index is 1.25. The summed E-state index contributed by atoms with van der Waals surface area (Å²) in [6, 6.07) is 7.53. The fourth-order valence-corrected chi connectivity index (χ4v) is 5.00. The summed E-state index contributed by atoms with van der Waals surface area (Å²) >= 11 is 7.66. The van der Waals surface area contributed by atoms with Crippen molar-refractivity contribution >= 4 is 34.0 Å². The molecule has 2 aromatic rings. The third-order valence-corrected chi connectivity index (χ3v) is 7.18. The molecule has 2 aliphatic rings. The molecule has 1 aromatic carbocycles. The molecule has 0 radical (unpaired) electrons. The van der Waals surface area contributed by atoms with Crippen LogP contribution in [0, 0.1) is 5.92 Å². The first kappa shape index (κ1) is 20.6. The molecule has 2 fully saturated rings. The molecular weight excluding hydrogens is 404 g/mol. The van der Waals surface area contributed by atoms with Crippen molar-refractivity contribution in [3.8, 4) is 0 Å². The molecule has 4 rings (SSSR count). The lowest BCUT2D eigenvalue weighted by Crippen LogP contribution is -2.49. The minimum absolute atomic E-state index is 0.186. The third kappa shape index (κ3) is 5.50. The summed E-state index contributed by atoms with van der Waals surface area (Å²) < 4.78 is 0. The Morgan fingerprint density at radius 1 is 1.10 bits per heavy atom. The highest BCUT2D eigenvalue weighted by Crippen LogP contribution is 2.24. The Morgan fingerprint density at radius 3 is 2.48 bits per heavy atom. The Hall–Kier alpha value is -1.63. The number of amides is 1. The van der Waals surface area contributed by atoms with Crippen molar-refractivity contribution in [2.45, 2.75) is 32.7 Å². The molecule has 156 valence electrons. The highest BCUT2D eigenvalue weighted by atomic mass is 35.5. The number of hydrogen-bond donors (Lipinski definition) is 0. The normalized spacial score (nSPS) is 19.0. The summed E-state index contributed by atoms with van der Waals surface area (Å²) in [5.41, 5.74) is 2.19. The van der Waals surface area contributed by atoms with Crippen molar-refractivity contribution in [1.29, 1.82) is 0 Å². The Morgan fingerprint density at radius 2 is 1.79 bits per heavy atom. The molecule has 0 saturated carbocycles. The number of hydrogen-bond acceptors (Lipinski definition) is 5. The van der Waals surface area contributed by atoms with E-state index in [2.05, 4.69) is 22.1 Å². The second kappa shape index (κ2) is 9.45. The lowest BCUT2D eigenvalue weighted by molar-refractivity contribution is -0.130. The van der Waals surface area contributed by atoms with Gasteiger partial charge >= 0.3 is 0 Å². The first-order chi connectivity index (χ1) is 14.1.